The Morgan fingerprint density at radius 2 is 2.10 bits per heavy atom. The second-order valence-electron chi connectivity index (χ2n) is 7.64. The van der Waals surface area contributed by atoms with Crippen molar-refractivity contribution in [1.29, 1.82) is 0 Å². The zero-order chi connectivity index (χ0) is 21.8. The number of nitrogens with zero attached hydrogens (tertiary/aromatic N) is 2. The van der Waals surface area contributed by atoms with Crippen LogP contribution >= 0.6 is 0 Å². The van der Waals surface area contributed by atoms with E-state index < -0.39 is 40.2 Å². The molecule has 2 saturated heterocycles. The molecule has 3 atom stereocenters. The van der Waals surface area contributed by atoms with Crippen molar-refractivity contribution in [1.82, 2.24) is 9.96 Å². The number of benzene rings is 1. The van der Waals surface area contributed by atoms with Crippen molar-refractivity contribution in [2.24, 2.45) is 5.73 Å². The Morgan fingerprint density at radius 3 is 2.70 bits per heavy atom. The minimum Gasteiger partial charge on any atom is -0.491 e. The van der Waals surface area contributed by atoms with Gasteiger partial charge in [-0.25, -0.2) is 4.79 Å². The molecule has 0 spiro atoms. The van der Waals surface area contributed by atoms with E-state index in [0.29, 0.717) is 28.5 Å². The van der Waals surface area contributed by atoms with Gasteiger partial charge in [-0.1, -0.05) is 6.07 Å². The van der Waals surface area contributed by atoms with Gasteiger partial charge in [0.15, 0.2) is 5.79 Å². The minimum atomic E-state index is -4.96. The topological polar surface area (TPSA) is 158 Å². The van der Waals surface area contributed by atoms with Gasteiger partial charge in [0, 0.05) is 0 Å². The molecule has 0 saturated carbocycles. The third-order valence-electron chi connectivity index (χ3n) is 5.06. The summed E-state index contributed by atoms with van der Waals surface area (Å²) in [4.78, 5) is 25.7. The quantitative estimate of drug-likeness (QED) is 0.589. The number of fused-ring (bicyclic) bond motifs is 4. The van der Waals surface area contributed by atoms with E-state index in [1.54, 1.807) is 32.0 Å². The predicted molar refractivity (Wildman–Crippen MR) is 98.1 cm³/mol. The Bertz CT molecular complexity index is 996. The fourth-order valence-electron chi connectivity index (χ4n) is 3.91. The molecule has 164 valence electrons. The molecule has 1 unspecified atom stereocenters. The van der Waals surface area contributed by atoms with Crippen LogP contribution in [0, 0.1) is 0 Å². The number of hydrogen-bond donors (Lipinski definition) is 2. The van der Waals surface area contributed by atoms with Gasteiger partial charge in [0.25, 0.3) is 0 Å². The van der Waals surface area contributed by atoms with Crippen LogP contribution in [0.2, 0.25) is 0 Å². The molecule has 3 aliphatic rings. The second kappa shape index (κ2) is 7.06. The largest absolute Gasteiger partial charge is 0.491 e. The van der Waals surface area contributed by atoms with E-state index in [2.05, 4.69) is 4.28 Å². The molecule has 4 rings (SSSR count). The number of nitrogens with two attached hydrogens (primary N) is 1. The summed E-state index contributed by atoms with van der Waals surface area (Å²) >= 11 is 0. The molecule has 3 aliphatic heterocycles. The molecule has 1 aromatic rings. The highest BCUT2D eigenvalue weighted by atomic mass is 32.3. The van der Waals surface area contributed by atoms with Crippen molar-refractivity contribution in [3.63, 3.8) is 0 Å². The van der Waals surface area contributed by atoms with Crippen LogP contribution in [0.4, 0.5) is 4.79 Å². The zero-order valence-electron chi connectivity index (χ0n) is 16.2. The highest BCUT2D eigenvalue weighted by molar-refractivity contribution is 7.80. The lowest BCUT2D eigenvalue weighted by Gasteiger charge is -2.31. The lowest BCUT2D eigenvalue weighted by atomic mass is 9.90. The monoisotopic (exact) mass is 443 g/mol. The summed E-state index contributed by atoms with van der Waals surface area (Å²) < 4.78 is 52.8. The Morgan fingerprint density at radius 1 is 1.37 bits per heavy atom. The average molecular weight is 443 g/mol. The highest BCUT2D eigenvalue weighted by Gasteiger charge is 2.51. The fourth-order valence-corrected chi connectivity index (χ4v) is 4.28. The highest BCUT2D eigenvalue weighted by Crippen LogP contribution is 2.45. The molecule has 1 aromatic carbocycles. The van der Waals surface area contributed by atoms with Crippen molar-refractivity contribution < 1.29 is 41.1 Å². The third kappa shape index (κ3) is 3.81. The Labute approximate surface area is 172 Å². The Hall–Kier alpha value is -2.45. The fraction of sp³-hybridized carbons (Fsp3) is 0.529. The maximum Gasteiger partial charge on any atom is 0.418 e. The number of urea groups is 1. The van der Waals surface area contributed by atoms with Crippen molar-refractivity contribution in [2.45, 2.75) is 37.8 Å². The number of amides is 3. The average Bonchev–Trinajstić information content (AvgIpc) is 3.11. The molecule has 0 aromatic heterocycles. The minimum absolute atomic E-state index is 0.0494. The molecule has 2 bridgehead atoms. The molecule has 2 fully saturated rings. The van der Waals surface area contributed by atoms with Crippen LogP contribution < -0.4 is 10.5 Å². The lowest BCUT2D eigenvalue weighted by molar-refractivity contribution is -0.141. The Kier molecular flexibility index (Phi) is 4.90. The van der Waals surface area contributed by atoms with Gasteiger partial charge in [-0.05, 0) is 37.1 Å². The van der Waals surface area contributed by atoms with Gasteiger partial charge in [-0.2, -0.15) is 13.5 Å². The molecular weight excluding hydrogens is 422 g/mol. The predicted octanol–water partition coefficient (Wildman–Crippen LogP) is 0.270. The summed E-state index contributed by atoms with van der Waals surface area (Å²) in [7, 11) is -4.96. The summed E-state index contributed by atoms with van der Waals surface area (Å²) in [5.41, 5.74) is 6.33. The van der Waals surface area contributed by atoms with E-state index in [1.807, 2.05) is 0 Å². The first-order valence-electron chi connectivity index (χ1n) is 9.10. The van der Waals surface area contributed by atoms with Crippen molar-refractivity contribution >= 4 is 22.3 Å². The summed E-state index contributed by atoms with van der Waals surface area (Å²) in [6.45, 7) is 4.10. The number of primary amides is 1. The summed E-state index contributed by atoms with van der Waals surface area (Å²) in [5.74, 6) is -1.08. The van der Waals surface area contributed by atoms with Crippen LogP contribution in [0.3, 0.4) is 0 Å². The molecule has 0 aliphatic carbocycles. The first kappa shape index (κ1) is 20.8. The molecular formula is C17H21N3O9S. The van der Waals surface area contributed by atoms with Gasteiger partial charge in [0.05, 0.1) is 13.2 Å². The molecule has 3 amide bonds. The SMILES string of the molecule is CC1(C)OCC(COc2ccc3c(c2)[C@H]2CN(C(=O)N2OS(=O)(=O)O)[C@H]3C(N)=O)O1. The number of hydrogen-bond acceptors (Lipinski definition) is 8. The summed E-state index contributed by atoms with van der Waals surface area (Å²) in [5, 5.41) is 0.511. The molecule has 3 N–H and O–H groups in total. The third-order valence-corrected chi connectivity index (χ3v) is 5.41. The number of carbonyl (C=O) groups is 2. The number of hydroxylamine groups is 2. The van der Waals surface area contributed by atoms with E-state index >= 15 is 0 Å². The molecule has 0 radical (unpaired) electrons. The second-order valence-corrected chi connectivity index (χ2v) is 8.64. The normalized spacial score (nSPS) is 27.3. The van der Waals surface area contributed by atoms with Gasteiger partial charge in [0.2, 0.25) is 5.91 Å². The van der Waals surface area contributed by atoms with E-state index in [4.69, 9.17) is 24.5 Å². The summed E-state index contributed by atoms with van der Waals surface area (Å²) in [6, 6.07) is 1.87. The van der Waals surface area contributed by atoms with Crippen LogP contribution in [0.5, 0.6) is 5.75 Å². The lowest BCUT2D eigenvalue weighted by Crippen LogP contribution is -2.41. The molecule has 30 heavy (non-hydrogen) atoms. The van der Waals surface area contributed by atoms with Crippen LogP contribution in [0.1, 0.15) is 37.1 Å². The van der Waals surface area contributed by atoms with Gasteiger partial charge >= 0.3 is 16.4 Å². The van der Waals surface area contributed by atoms with Crippen LogP contribution in [0.25, 0.3) is 0 Å². The van der Waals surface area contributed by atoms with Gasteiger partial charge in [-0.3, -0.25) is 9.35 Å². The van der Waals surface area contributed by atoms with E-state index in [0.717, 1.165) is 4.90 Å². The molecule has 13 heteroatoms. The van der Waals surface area contributed by atoms with E-state index in [9.17, 15) is 18.0 Å². The maximum absolute atomic E-state index is 12.6. The number of carbonyl (C=O) groups excluding carboxylic acids is 2. The number of rotatable bonds is 6. The van der Waals surface area contributed by atoms with E-state index in [1.165, 1.54) is 0 Å². The van der Waals surface area contributed by atoms with Crippen LogP contribution in [-0.2, 0) is 29.0 Å². The molecule has 12 nitrogen and oxygen atoms in total. The zero-order valence-corrected chi connectivity index (χ0v) is 17.0. The smallest absolute Gasteiger partial charge is 0.418 e. The van der Waals surface area contributed by atoms with Crippen LogP contribution in [-0.4, -0.2) is 66.5 Å². The standard InChI is InChI=1S/C17H21N3O9S/c1-17(2)27-8-10(28-17)7-26-9-3-4-11-12(5-9)13-6-19(14(11)15(18)21)16(22)20(13)29-30(23,24)25/h3-5,10,13-14H,6-8H2,1-2H3,(H2,18,21)(H,23,24,25)/t10?,13-,14-/m1/s1. The van der Waals surface area contributed by atoms with Gasteiger partial charge in [0.1, 0.15) is 30.5 Å². The van der Waals surface area contributed by atoms with Gasteiger partial charge < -0.3 is 24.8 Å². The van der Waals surface area contributed by atoms with Crippen molar-refractivity contribution in [3.8, 4) is 5.75 Å². The summed E-state index contributed by atoms with van der Waals surface area (Å²) in [6.07, 6.45) is -0.280. The Balaban J connectivity index is 1.62. The van der Waals surface area contributed by atoms with E-state index in [-0.39, 0.29) is 19.3 Å². The maximum atomic E-state index is 12.6. The van der Waals surface area contributed by atoms with Crippen molar-refractivity contribution in [3.05, 3.63) is 29.3 Å². The van der Waals surface area contributed by atoms with Gasteiger partial charge in [-0.15, -0.1) is 4.28 Å². The molecule has 3 heterocycles. The number of ether oxygens (including phenoxy) is 3. The van der Waals surface area contributed by atoms with Crippen LogP contribution in [0.15, 0.2) is 18.2 Å². The first-order valence-corrected chi connectivity index (χ1v) is 10.5. The first-order chi connectivity index (χ1) is 14.0. The van der Waals surface area contributed by atoms with Crippen molar-refractivity contribution in [2.75, 3.05) is 19.8 Å².